The van der Waals surface area contributed by atoms with Gasteiger partial charge in [0.05, 0.1) is 11.9 Å². The van der Waals surface area contributed by atoms with Gasteiger partial charge in [-0.1, -0.05) is 25.1 Å². The molecule has 0 saturated heterocycles. The van der Waals surface area contributed by atoms with Crippen LogP contribution in [0.1, 0.15) is 19.0 Å². The number of ether oxygens (including phenoxy) is 1. The van der Waals surface area contributed by atoms with Gasteiger partial charge in [-0.05, 0) is 36.8 Å². The summed E-state index contributed by atoms with van der Waals surface area (Å²) in [6.45, 7) is 2.34. The average molecular weight is 379 g/mol. The number of anilines is 2. The standard InChI is InChI=1S/C21H21N3O4/c1-2-16(28-13-25)11-19-18-10-15(8-9-17(18)20(26)12-22-19)24-21(27)23-14-6-4-3-5-7-14/h3-10,12-13,16,26H,2,11H2,1H3,(H2,23,24,27). The second kappa shape index (κ2) is 8.85. The Balaban J connectivity index is 1.85. The summed E-state index contributed by atoms with van der Waals surface area (Å²) < 4.78 is 5.07. The van der Waals surface area contributed by atoms with Crippen LogP contribution < -0.4 is 10.6 Å². The summed E-state index contributed by atoms with van der Waals surface area (Å²) in [6, 6.07) is 13.9. The molecule has 7 heteroatoms. The van der Waals surface area contributed by atoms with Crippen LogP contribution in [0.3, 0.4) is 0 Å². The average Bonchev–Trinajstić information content (AvgIpc) is 2.70. The lowest BCUT2D eigenvalue weighted by atomic mass is 10.0. The first-order chi connectivity index (χ1) is 13.6. The highest BCUT2D eigenvalue weighted by molar-refractivity contribution is 6.01. The van der Waals surface area contributed by atoms with E-state index in [4.69, 9.17) is 4.74 Å². The quantitative estimate of drug-likeness (QED) is 0.537. The fourth-order valence-corrected chi connectivity index (χ4v) is 2.92. The summed E-state index contributed by atoms with van der Waals surface area (Å²) >= 11 is 0. The van der Waals surface area contributed by atoms with Crippen LogP contribution in [0.5, 0.6) is 5.75 Å². The molecule has 0 spiro atoms. The Labute approximate surface area is 162 Å². The number of carbonyl (C=O) groups excluding carboxylic acids is 2. The number of pyridine rings is 1. The second-order valence-corrected chi connectivity index (χ2v) is 6.26. The Morgan fingerprint density at radius 2 is 1.89 bits per heavy atom. The molecule has 0 bridgehead atoms. The minimum atomic E-state index is -0.379. The van der Waals surface area contributed by atoms with Crippen molar-refractivity contribution < 1.29 is 19.4 Å². The number of amides is 2. The maximum atomic E-state index is 12.2. The van der Waals surface area contributed by atoms with E-state index >= 15 is 0 Å². The molecule has 1 aromatic heterocycles. The van der Waals surface area contributed by atoms with Gasteiger partial charge in [-0.2, -0.15) is 0 Å². The minimum absolute atomic E-state index is 0.0448. The number of aromatic nitrogens is 1. The van der Waals surface area contributed by atoms with Crippen LogP contribution in [0.4, 0.5) is 16.2 Å². The lowest BCUT2D eigenvalue weighted by Crippen LogP contribution is -2.19. The largest absolute Gasteiger partial charge is 0.506 e. The smallest absolute Gasteiger partial charge is 0.323 e. The summed E-state index contributed by atoms with van der Waals surface area (Å²) in [6.07, 6.45) is 2.11. The fraction of sp³-hybridized carbons (Fsp3) is 0.190. The van der Waals surface area contributed by atoms with Gasteiger partial charge in [0, 0.05) is 28.6 Å². The molecular formula is C21H21N3O4. The van der Waals surface area contributed by atoms with Gasteiger partial charge in [0.2, 0.25) is 0 Å². The molecule has 7 nitrogen and oxygen atoms in total. The van der Waals surface area contributed by atoms with Crippen LogP contribution in [0.25, 0.3) is 10.8 Å². The highest BCUT2D eigenvalue weighted by Gasteiger charge is 2.14. The molecule has 1 heterocycles. The molecule has 1 atom stereocenters. The highest BCUT2D eigenvalue weighted by Crippen LogP contribution is 2.29. The molecule has 3 rings (SSSR count). The molecule has 3 N–H and O–H groups in total. The molecule has 0 fully saturated rings. The van der Waals surface area contributed by atoms with Gasteiger partial charge in [-0.3, -0.25) is 9.78 Å². The van der Waals surface area contributed by atoms with Crippen LogP contribution >= 0.6 is 0 Å². The van der Waals surface area contributed by atoms with Crippen molar-refractivity contribution in [1.29, 1.82) is 0 Å². The molecule has 0 aliphatic heterocycles. The minimum Gasteiger partial charge on any atom is -0.506 e. The second-order valence-electron chi connectivity index (χ2n) is 6.26. The van der Waals surface area contributed by atoms with Gasteiger partial charge in [-0.15, -0.1) is 0 Å². The van der Waals surface area contributed by atoms with Crippen LogP contribution in [0.2, 0.25) is 0 Å². The van der Waals surface area contributed by atoms with E-state index in [1.165, 1.54) is 6.20 Å². The zero-order valence-corrected chi connectivity index (χ0v) is 15.4. The van der Waals surface area contributed by atoms with E-state index in [1.54, 1.807) is 30.3 Å². The fourth-order valence-electron chi connectivity index (χ4n) is 2.92. The van der Waals surface area contributed by atoms with E-state index in [-0.39, 0.29) is 17.9 Å². The molecule has 0 aliphatic rings. The third-order valence-electron chi connectivity index (χ3n) is 4.36. The van der Waals surface area contributed by atoms with Gasteiger partial charge in [0.1, 0.15) is 11.9 Å². The van der Waals surface area contributed by atoms with E-state index in [1.807, 2.05) is 25.1 Å². The number of rotatable bonds is 7. The highest BCUT2D eigenvalue weighted by atomic mass is 16.5. The number of fused-ring (bicyclic) bond motifs is 1. The Kier molecular flexibility index (Phi) is 6.06. The van der Waals surface area contributed by atoms with Gasteiger partial charge < -0.3 is 20.5 Å². The Hall–Kier alpha value is -3.61. The molecule has 144 valence electrons. The number of carbonyl (C=O) groups is 2. The SMILES string of the molecule is CCC(Cc1ncc(O)c2ccc(NC(=O)Nc3ccccc3)cc12)OC=O. The molecular weight excluding hydrogens is 358 g/mol. The zero-order valence-electron chi connectivity index (χ0n) is 15.4. The molecule has 2 amide bonds. The van der Waals surface area contributed by atoms with E-state index in [2.05, 4.69) is 15.6 Å². The van der Waals surface area contributed by atoms with Crippen LogP contribution in [0.15, 0.2) is 54.7 Å². The summed E-state index contributed by atoms with van der Waals surface area (Å²) in [5.41, 5.74) is 1.91. The van der Waals surface area contributed by atoms with E-state index in [0.29, 0.717) is 47.2 Å². The van der Waals surface area contributed by atoms with Gasteiger partial charge in [-0.25, -0.2) is 4.79 Å². The maximum Gasteiger partial charge on any atom is 0.323 e. The topological polar surface area (TPSA) is 101 Å². The van der Waals surface area contributed by atoms with Crippen molar-refractivity contribution in [2.75, 3.05) is 10.6 Å². The Bertz CT molecular complexity index is 976. The molecule has 28 heavy (non-hydrogen) atoms. The molecule has 3 aromatic rings. The normalized spacial score (nSPS) is 11.6. The van der Waals surface area contributed by atoms with E-state index in [9.17, 15) is 14.7 Å². The predicted molar refractivity (Wildman–Crippen MR) is 107 cm³/mol. The summed E-state index contributed by atoms with van der Waals surface area (Å²) in [5.74, 6) is 0.0448. The monoisotopic (exact) mass is 379 g/mol. The number of urea groups is 1. The number of hydrogen-bond donors (Lipinski definition) is 3. The van der Waals surface area contributed by atoms with Crippen molar-refractivity contribution in [3.63, 3.8) is 0 Å². The van der Waals surface area contributed by atoms with Crippen LogP contribution in [0, 0.1) is 0 Å². The molecule has 0 aliphatic carbocycles. The first-order valence-corrected chi connectivity index (χ1v) is 8.93. The summed E-state index contributed by atoms with van der Waals surface area (Å²) in [5, 5.41) is 16.9. The Morgan fingerprint density at radius 1 is 1.14 bits per heavy atom. The van der Waals surface area contributed by atoms with Crippen molar-refractivity contribution in [3.8, 4) is 5.75 Å². The third-order valence-corrected chi connectivity index (χ3v) is 4.36. The number of nitrogens with one attached hydrogen (secondary N) is 2. The number of nitrogens with zero attached hydrogens (tertiary/aromatic N) is 1. The van der Waals surface area contributed by atoms with Crippen molar-refractivity contribution in [3.05, 3.63) is 60.4 Å². The number of benzene rings is 2. The summed E-state index contributed by atoms with van der Waals surface area (Å²) in [4.78, 5) is 27.2. The molecule has 1 unspecified atom stereocenters. The number of hydrogen-bond acceptors (Lipinski definition) is 5. The first kappa shape index (κ1) is 19.2. The van der Waals surface area contributed by atoms with E-state index < -0.39 is 0 Å². The van der Waals surface area contributed by atoms with Crippen molar-refractivity contribution >= 4 is 34.7 Å². The maximum absolute atomic E-state index is 12.2. The lowest BCUT2D eigenvalue weighted by Gasteiger charge is -2.15. The first-order valence-electron chi connectivity index (χ1n) is 8.93. The van der Waals surface area contributed by atoms with Gasteiger partial charge in [0.15, 0.2) is 0 Å². The predicted octanol–water partition coefficient (Wildman–Crippen LogP) is 4.08. The van der Waals surface area contributed by atoms with Gasteiger partial charge >= 0.3 is 6.03 Å². The van der Waals surface area contributed by atoms with Crippen molar-refractivity contribution in [1.82, 2.24) is 4.98 Å². The van der Waals surface area contributed by atoms with Crippen LogP contribution in [-0.2, 0) is 16.0 Å². The van der Waals surface area contributed by atoms with Crippen LogP contribution in [-0.4, -0.2) is 28.7 Å². The molecule has 2 aromatic carbocycles. The van der Waals surface area contributed by atoms with Crippen molar-refractivity contribution in [2.45, 2.75) is 25.9 Å². The number of para-hydroxylation sites is 1. The Morgan fingerprint density at radius 3 is 2.61 bits per heavy atom. The summed E-state index contributed by atoms with van der Waals surface area (Å²) in [7, 11) is 0. The third kappa shape index (κ3) is 4.56. The van der Waals surface area contributed by atoms with Gasteiger partial charge in [0.25, 0.3) is 6.47 Å². The van der Waals surface area contributed by atoms with Crippen molar-refractivity contribution in [2.24, 2.45) is 0 Å². The molecule has 0 radical (unpaired) electrons. The lowest BCUT2D eigenvalue weighted by molar-refractivity contribution is -0.133. The van der Waals surface area contributed by atoms with E-state index in [0.717, 1.165) is 0 Å². The zero-order chi connectivity index (χ0) is 19.9. The number of aromatic hydroxyl groups is 1. The molecule has 0 saturated carbocycles.